The van der Waals surface area contributed by atoms with Gasteiger partial charge in [-0.25, -0.2) is 0 Å². The molecule has 1 aliphatic rings. The highest BCUT2D eigenvalue weighted by Crippen LogP contribution is 2.13. The van der Waals surface area contributed by atoms with Crippen molar-refractivity contribution in [3.8, 4) is 0 Å². The molecule has 0 aromatic heterocycles. The lowest BCUT2D eigenvalue weighted by Crippen LogP contribution is -2.33. The van der Waals surface area contributed by atoms with Crippen molar-refractivity contribution in [2.75, 3.05) is 20.1 Å². The number of aryl methyl sites for hydroxylation is 1. The van der Waals surface area contributed by atoms with Crippen molar-refractivity contribution in [2.45, 2.75) is 26.3 Å². The molecule has 1 fully saturated rings. The van der Waals surface area contributed by atoms with Crippen molar-refractivity contribution in [1.82, 2.24) is 10.2 Å². The van der Waals surface area contributed by atoms with Gasteiger partial charge in [-0.15, -0.1) is 12.4 Å². The summed E-state index contributed by atoms with van der Waals surface area (Å²) in [6, 6.07) is 8.53. The number of carbonyl (C=O) groups is 1. The van der Waals surface area contributed by atoms with Gasteiger partial charge >= 0.3 is 0 Å². The molecule has 106 valence electrons. The van der Waals surface area contributed by atoms with Gasteiger partial charge in [0.05, 0.1) is 5.92 Å². The minimum absolute atomic E-state index is 0. The molecule has 0 radical (unpaired) electrons. The molecule has 0 spiro atoms. The van der Waals surface area contributed by atoms with Gasteiger partial charge in [-0.2, -0.15) is 0 Å². The molecule has 1 aromatic carbocycles. The molecule has 0 bridgehead atoms. The topological polar surface area (TPSA) is 32.3 Å². The number of carbonyl (C=O) groups excluding carboxylic acids is 1. The first kappa shape index (κ1) is 16.0. The summed E-state index contributed by atoms with van der Waals surface area (Å²) >= 11 is 0. The summed E-state index contributed by atoms with van der Waals surface area (Å²) in [6.07, 6.45) is 2.03. The SMILES string of the molecule is CCc1ccc(CN(C)C(=O)C2CCNC2)cc1.Cl. The Kier molecular flexibility index (Phi) is 6.32. The minimum atomic E-state index is 0. The third-order valence-electron chi connectivity index (χ3n) is 3.64. The maximum absolute atomic E-state index is 12.2. The van der Waals surface area contributed by atoms with E-state index in [0.717, 1.165) is 25.9 Å². The normalized spacial score (nSPS) is 17.9. The van der Waals surface area contributed by atoms with Crippen molar-refractivity contribution in [3.63, 3.8) is 0 Å². The molecule has 1 aromatic rings. The highest BCUT2D eigenvalue weighted by molar-refractivity contribution is 5.85. The Morgan fingerprint density at radius 1 is 1.32 bits per heavy atom. The summed E-state index contributed by atoms with van der Waals surface area (Å²) in [4.78, 5) is 14.0. The van der Waals surface area contributed by atoms with Gasteiger partial charge in [0.1, 0.15) is 0 Å². The van der Waals surface area contributed by atoms with E-state index < -0.39 is 0 Å². The first-order chi connectivity index (χ1) is 8.70. The quantitative estimate of drug-likeness (QED) is 0.919. The van der Waals surface area contributed by atoms with Gasteiger partial charge < -0.3 is 10.2 Å². The van der Waals surface area contributed by atoms with Crippen LogP contribution in [0.3, 0.4) is 0 Å². The van der Waals surface area contributed by atoms with Gasteiger partial charge in [0.2, 0.25) is 5.91 Å². The summed E-state index contributed by atoms with van der Waals surface area (Å²) in [6.45, 7) is 4.66. The van der Waals surface area contributed by atoms with Crippen LogP contribution in [0.25, 0.3) is 0 Å². The molecule has 1 atom stereocenters. The highest BCUT2D eigenvalue weighted by atomic mass is 35.5. The van der Waals surface area contributed by atoms with Crippen LogP contribution >= 0.6 is 12.4 Å². The van der Waals surface area contributed by atoms with E-state index in [1.807, 2.05) is 11.9 Å². The van der Waals surface area contributed by atoms with E-state index in [-0.39, 0.29) is 24.2 Å². The monoisotopic (exact) mass is 282 g/mol. The number of hydrogen-bond acceptors (Lipinski definition) is 2. The number of hydrogen-bond donors (Lipinski definition) is 1. The molecule has 1 N–H and O–H groups in total. The average Bonchev–Trinajstić information content (AvgIpc) is 2.92. The van der Waals surface area contributed by atoms with Gasteiger partial charge in [-0.3, -0.25) is 4.79 Å². The predicted octanol–water partition coefficient (Wildman–Crippen LogP) is 2.24. The van der Waals surface area contributed by atoms with Gasteiger partial charge in [-0.1, -0.05) is 31.2 Å². The lowest BCUT2D eigenvalue weighted by molar-refractivity contribution is -0.134. The van der Waals surface area contributed by atoms with Crippen LogP contribution in [0.15, 0.2) is 24.3 Å². The van der Waals surface area contributed by atoms with Crippen molar-refractivity contribution in [1.29, 1.82) is 0 Å². The Labute approximate surface area is 121 Å². The highest BCUT2D eigenvalue weighted by Gasteiger charge is 2.25. The van der Waals surface area contributed by atoms with Crippen LogP contribution in [0.1, 0.15) is 24.5 Å². The van der Waals surface area contributed by atoms with E-state index >= 15 is 0 Å². The molecule has 1 aliphatic heterocycles. The largest absolute Gasteiger partial charge is 0.341 e. The van der Waals surface area contributed by atoms with Crippen LogP contribution in [0, 0.1) is 5.92 Å². The predicted molar refractivity (Wildman–Crippen MR) is 80.5 cm³/mol. The minimum Gasteiger partial charge on any atom is -0.341 e. The Balaban J connectivity index is 0.00000180. The first-order valence-corrected chi connectivity index (χ1v) is 6.74. The number of amides is 1. The number of nitrogens with zero attached hydrogens (tertiary/aromatic N) is 1. The number of halogens is 1. The van der Waals surface area contributed by atoms with E-state index in [2.05, 4.69) is 36.5 Å². The van der Waals surface area contributed by atoms with E-state index in [0.29, 0.717) is 6.54 Å². The van der Waals surface area contributed by atoms with Crippen molar-refractivity contribution < 1.29 is 4.79 Å². The number of nitrogens with one attached hydrogen (secondary N) is 1. The molecular formula is C15H23ClN2O. The van der Waals surface area contributed by atoms with Crippen LogP contribution in [0.4, 0.5) is 0 Å². The molecule has 1 unspecified atom stereocenters. The number of rotatable bonds is 4. The van der Waals surface area contributed by atoms with Crippen LogP contribution in [0.5, 0.6) is 0 Å². The fraction of sp³-hybridized carbons (Fsp3) is 0.533. The molecule has 2 rings (SSSR count). The van der Waals surface area contributed by atoms with Crippen LogP contribution in [-0.4, -0.2) is 30.9 Å². The summed E-state index contributed by atoms with van der Waals surface area (Å²) in [7, 11) is 1.90. The van der Waals surface area contributed by atoms with E-state index in [1.165, 1.54) is 11.1 Å². The number of benzene rings is 1. The second-order valence-electron chi connectivity index (χ2n) is 5.05. The Morgan fingerprint density at radius 2 is 1.95 bits per heavy atom. The Morgan fingerprint density at radius 3 is 2.47 bits per heavy atom. The molecule has 4 heteroatoms. The van der Waals surface area contributed by atoms with Gasteiger partial charge in [0.25, 0.3) is 0 Å². The van der Waals surface area contributed by atoms with E-state index in [9.17, 15) is 4.79 Å². The van der Waals surface area contributed by atoms with E-state index in [4.69, 9.17) is 0 Å². The molecule has 19 heavy (non-hydrogen) atoms. The van der Waals surface area contributed by atoms with Crippen LogP contribution in [-0.2, 0) is 17.8 Å². The molecule has 1 saturated heterocycles. The van der Waals surface area contributed by atoms with Crippen molar-refractivity contribution >= 4 is 18.3 Å². The van der Waals surface area contributed by atoms with Gasteiger partial charge in [-0.05, 0) is 30.5 Å². The second kappa shape index (κ2) is 7.51. The van der Waals surface area contributed by atoms with Crippen molar-refractivity contribution in [3.05, 3.63) is 35.4 Å². The summed E-state index contributed by atoms with van der Waals surface area (Å²) in [5.41, 5.74) is 2.54. The lowest BCUT2D eigenvalue weighted by atomic mass is 10.1. The van der Waals surface area contributed by atoms with Crippen LogP contribution < -0.4 is 5.32 Å². The molecular weight excluding hydrogens is 260 g/mol. The molecule has 1 amide bonds. The zero-order chi connectivity index (χ0) is 13.0. The maximum atomic E-state index is 12.2. The Bertz CT molecular complexity index is 399. The summed E-state index contributed by atoms with van der Waals surface area (Å²) in [5, 5.41) is 3.24. The van der Waals surface area contributed by atoms with Gasteiger partial charge in [0, 0.05) is 20.1 Å². The lowest BCUT2D eigenvalue weighted by Gasteiger charge is -2.20. The zero-order valence-electron chi connectivity index (χ0n) is 11.7. The third kappa shape index (κ3) is 4.22. The second-order valence-corrected chi connectivity index (χ2v) is 5.05. The summed E-state index contributed by atoms with van der Waals surface area (Å²) in [5.74, 6) is 0.435. The summed E-state index contributed by atoms with van der Waals surface area (Å²) < 4.78 is 0. The molecule has 0 saturated carbocycles. The van der Waals surface area contributed by atoms with E-state index in [1.54, 1.807) is 0 Å². The average molecular weight is 283 g/mol. The fourth-order valence-electron chi connectivity index (χ4n) is 2.41. The molecule has 0 aliphatic carbocycles. The fourth-order valence-corrected chi connectivity index (χ4v) is 2.41. The first-order valence-electron chi connectivity index (χ1n) is 6.74. The Hall–Kier alpha value is -1.06. The van der Waals surface area contributed by atoms with Gasteiger partial charge in [0.15, 0.2) is 0 Å². The smallest absolute Gasteiger partial charge is 0.227 e. The molecule has 3 nitrogen and oxygen atoms in total. The zero-order valence-corrected chi connectivity index (χ0v) is 12.5. The maximum Gasteiger partial charge on any atom is 0.227 e. The standard InChI is InChI=1S/C15H22N2O.ClH/c1-3-12-4-6-13(7-5-12)11-17(2)15(18)14-8-9-16-10-14;/h4-7,14,16H,3,8-11H2,1-2H3;1H. The third-order valence-corrected chi connectivity index (χ3v) is 3.64. The van der Waals surface area contributed by atoms with Crippen LogP contribution in [0.2, 0.25) is 0 Å². The molecule has 1 heterocycles. The van der Waals surface area contributed by atoms with Crippen molar-refractivity contribution in [2.24, 2.45) is 5.92 Å².